The van der Waals surface area contributed by atoms with Crippen LogP contribution in [0.1, 0.15) is 0 Å². The molecule has 2 aromatic rings. The van der Waals surface area contributed by atoms with E-state index in [1.165, 1.54) is 48.5 Å². The summed E-state index contributed by atoms with van der Waals surface area (Å²) in [5.74, 6) is -2.43. The number of halogens is 2. The Morgan fingerprint density at radius 3 is 1.06 bits per heavy atom. The number of nitrogens with zero attached hydrogens (tertiary/aromatic N) is 2. The summed E-state index contributed by atoms with van der Waals surface area (Å²) in [5, 5.41) is 0. The monoisotopic (exact) mass is 702 g/mol. The van der Waals surface area contributed by atoms with Crippen LogP contribution in [0.15, 0.2) is 67.3 Å². The number of sulfonamides is 2. The van der Waals surface area contributed by atoms with Gasteiger partial charge in [0.15, 0.2) is 19.7 Å². The number of rotatable bonds is 4. The molecule has 0 spiro atoms. The molecule has 4 atom stereocenters. The van der Waals surface area contributed by atoms with Crippen molar-refractivity contribution in [2.75, 3.05) is 23.0 Å². The number of hydrogen-bond donors (Lipinski definition) is 0. The summed E-state index contributed by atoms with van der Waals surface area (Å²) in [7, 11) is -16.4. The second-order valence-corrected chi connectivity index (χ2v) is 18.8. The molecule has 0 saturated carbocycles. The van der Waals surface area contributed by atoms with Crippen LogP contribution >= 0.6 is 31.9 Å². The first-order valence-electron chi connectivity index (χ1n) is 10.6. The Balaban J connectivity index is 1.70. The van der Waals surface area contributed by atoms with Crippen molar-refractivity contribution in [2.24, 2.45) is 0 Å². The lowest BCUT2D eigenvalue weighted by Crippen LogP contribution is -2.69. The van der Waals surface area contributed by atoms with Gasteiger partial charge in [0.25, 0.3) is 0 Å². The van der Waals surface area contributed by atoms with E-state index in [0.717, 1.165) is 8.61 Å². The molecule has 0 aliphatic carbocycles. The lowest BCUT2D eigenvalue weighted by atomic mass is 10.0. The van der Waals surface area contributed by atoms with Gasteiger partial charge in [0.05, 0.1) is 57.0 Å². The van der Waals surface area contributed by atoms with Crippen LogP contribution in [0.2, 0.25) is 0 Å². The van der Waals surface area contributed by atoms with Gasteiger partial charge in [-0.15, -0.1) is 0 Å². The summed E-state index contributed by atoms with van der Waals surface area (Å²) in [6.45, 7) is 0. The Hall–Kier alpha value is -0.880. The van der Waals surface area contributed by atoms with E-state index in [-0.39, 0.29) is 9.79 Å². The number of piperazine rings is 1. The average molecular weight is 704 g/mol. The predicted octanol–water partition coefficient (Wildman–Crippen LogP) is 1.24. The van der Waals surface area contributed by atoms with Crippen LogP contribution in [0, 0.1) is 0 Å². The van der Waals surface area contributed by atoms with Gasteiger partial charge in [-0.3, -0.25) is 0 Å². The number of benzene rings is 2. The van der Waals surface area contributed by atoms with E-state index in [1.807, 2.05) is 0 Å². The standard InChI is InChI=1S/C20H20Br2N2O8S4/c21-13-1-5-15(6-2-13)35(29,30)23-17-9-33(25,26)11-19(17)24(20-12-34(27,28)10-18(20)23)36(31,32)16-7-3-14(22)4-8-16/h1-8,17-20H,9-12H2/t17-,18-,19-,20+/m1/s1. The molecule has 3 fully saturated rings. The highest BCUT2D eigenvalue weighted by Gasteiger charge is 2.63. The molecule has 10 nitrogen and oxygen atoms in total. The minimum Gasteiger partial charge on any atom is -0.229 e. The van der Waals surface area contributed by atoms with E-state index in [1.54, 1.807) is 0 Å². The molecule has 0 radical (unpaired) electrons. The third kappa shape index (κ3) is 4.50. The Morgan fingerprint density at radius 2 is 0.806 bits per heavy atom. The third-order valence-electron chi connectivity index (χ3n) is 6.67. The average Bonchev–Trinajstić information content (AvgIpc) is 3.24. The molecule has 196 valence electrons. The number of fused-ring (bicyclic) bond motifs is 2. The summed E-state index contributed by atoms with van der Waals surface area (Å²) in [4.78, 5) is -0.276. The topological polar surface area (TPSA) is 143 Å². The van der Waals surface area contributed by atoms with Crippen LogP contribution in [0.5, 0.6) is 0 Å². The molecule has 0 N–H and O–H groups in total. The highest BCUT2D eigenvalue weighted by Crippen LogP contribution is 2.43. The Kier molecular flexibility index (Phi) is 6.55. The van der Waals surface area contributed by atoms with Gasteiger partial charge in [-0.05, 0) is 48.5 Å². The van der Waals surface area contributed by atoms with E-state index < -0.39 is 86.9 Å². The minimum absolute atomic E-state index is 0.138. The van der Waals surface area contributed by atoms with E-state index in [2.05, 4.69) is 31.9 Å². The van der Waals surface area contributed by atoms with Crippen LogP contribution in [0.25, 0.3) is 0 Å². The van der Waals surface area contributed by atoms with Crippen molar-refractivity contribution in [3.8, 4) is 0 Å². The molecule has 36 heavy (non-hydrogen) atoms. The first-order valence-corrected chi connectivity index (χ1v) is 18.7. The van der Waals surface area contributed by atoms with Crippen LogP contribution in [0.4, 0.5) is 0 Å². The van der Waals surface area contributed by atoms with Gasteiger partial charge in [0, 0.05) is 8.95 Å². The van der Waals surface area contributed by atoms with Crippen molar-refractivity contribution in [1.82, 2.24) is 8.61 Å². The van der Waals surface area contributed by atoms with Crippen LogP contribution < -0.4 is 0 Å². The molecule has 2 aromatic carbocycles. The van der Waals surface area contributed by atoms with Gasteiger partial charge < -0.3 is 0 Å². The SMILES string of the molecule is O=S1(=O)C[C@@H]2[C@@H](C1)N(S(=O)(=O)c1ccc(Br)cc1)[C@H]1CS(=O)(=O)C[C@H]1N2S(=O)(=O)c1ccc(Br)cc1. The summed E-state index contributed by atoms with van der Waals surface area (Å²) >= 11 is 6.48. The molecule has 3 aliphatic heterocycles. The van der Waals surface area contributed by atoms with Crippen molar-refractivity contribution in [3.05, 3.63) is 57.5 Å². The molecule has 0 unspecified atom stereocenters. The fourth-order valence-electron chi connectivity index (χ4n) is 5.25. The molecular formula is C20H20Br2N2O8S4. The van der Waals surface area contributed by atoms with Crippen molar-refractivity contribution in [3.63, 3.8) is 0 Å². The highest BCUT2D eigenvalue weighted by atomic mass is 79.9. The van der Waals surface area contributed by atoms with Crippen molar-refractivity contribution in [1.29, 1.82) is 0 Å². The van der Waals surface area contributed by atoms with E-state index in [4.69, 9.17) is 0 Å². The molecule has 5 rings (SSSR count). The zero-order valence-electron chi connectivity index (χ0n) is 18.3. The molecule has 3 heterocycles. The first kappa shape index (κ1) is 26.7. The maximum absolute atomic E-state index is 13.8. The quantitative estimate of drug-likeness (QED) is 0.463. The second kappa shape index (κ2) is 8.83. The Bertz CT molecular complexity index is 1480. The summed E-state index contributed by atoms with van der Waals surface area (Å²) in [6, 6.07) is 6.27. The lowest BCUT2D eigenvalue weighted by Gasteiger charge is -2.48. The van der Waals surface area contributed by atoms with Gasteiger partial charge >= 0.3 is 0 Å². The zero-order valence-corrected chi connectivity index (χ0v) is 24.7. The molecular weight excluding hydrogens is 684 g/mol. The minimum atomic E-state index is -4.37. The normalized spacial score (nSPS) is 30.1. The molecule has 3 saturated heterocycles. The van der Waals surface area contributed by atoms with Crippen LogP contribution in [0.3, 0.4) is 0 Å². The second-order valence-electron chi connectivity index (χ2n) is 9.00. The van der Waals surface area contributed by atoms with Crippen molar-refractivity contribution in [2.45, 2.75) is 34.0 Å². The van der Waals surface area contributed by atoms with Crippen molar-refractivity contribution >= 4 is 71.6 Å². The van der Waals surface area contributed by atoms with E-state index >= 15 is 0 Å². The van der Waals surface area contributed by atoms with Gasteiger partial charge in [-0.2, -0.15) is 8.61 Å². The Morgan fingerprint density at radius 1 is 0.556 bits per heavy atom. The first-order chi connectivity index (χ1) is 16.6. The van der Waals surface area contributed by atoms with Crippen LogP contribution in [-0.2, 0) is 39.7 Å². The summed E-state index contributed by atoms with van der Waals surface area (Å²) in [5.41, 5.74) is 0. The fraction of sp³-hybridized carbons (Fsp3) is 0.400. The maximum Gasteiger partial charge on any atom is 0.243 e. The molecule has 0 amide bonds. The number of hydrogen-bond acceptors (Lipinski definition) is 8. The predicted molar refractivity (Wildman–Crippen MR) is 139 cm³/mol. The molecule has 16 heteroatoms. The maximum atomic E-state index is 13.8. The van der Waals surface area contributed by atoms with E-state index in [0.29, 0.717) is 8.95 Å². The summed E-state index contributed by atoms with van der Waals surface area (Å²) < 4.78 is 110. The van der Waals surface area contributed by atoms with Gasteiger partial charge in [-0.1, -0.05) is 31.9 Å². The number of sulfone groups is 2. The van der Waals surface area contributed by atoms with Crippen LogP contribution in [-0.4, -0.2) is 89.5 Å². The zero-order chi connectivity index (χ0) is 26.3. The Labute approximate surface area is 226 Å². The molecule has 0 aromatic heterocycles. The van der Waals surface area contributed by atoms with Gasteiger partial charge in [0.2, 0.25) is 20.0 Å². The highest BCUT2D eigenvalue weighted by molar-refractivity contribution is 9.10. The fourth-order valence-corrected chi connectivity index (χ4v) is 13.8. The van der Waals surface area contributed by atoms with Gasteiger partial charge in [0.1, 0.15) is 0 Å². The molecule has 3 aliphatic rings. The lowest BCUT2D eigenvalue weighted by molar-refractivity contribution is 0.0841. The molecule has 0 bridgehead atoms. The van der Waals surface area contributed by atoms with E-state index in [9.17, 15) is 33.7 Å². The largest absolute Gasteiger partial charge is 0.243 e. The smallest absolute Gasteiger partial charge is 0.229 e. The van der Waals surface area contributed by atoms with Gasteiger partial charge in [-0.25, -0.2) is 33.7 Å². The van der Waals surface area contributed by atoms with Crippen molar-refractivity contribution < 1.29 is 33.7 Å². The third-order valence-corrected chi connectivity index (χ3v) is 15.1. The summed E-state index contributed by atoms with van der Waals surface area (Å²) in [6.07, 6.45) is 0.